The van der Waals surface area contributed by atoms with E-state index in [4.69, 9.17) is 28.4 Å². The molecule has 12 nitrogen and oxygen atoms in total. The van der Waals surface area contributed by atoms with E-state index in [1.165, 1.54) is 0 Å². The predicted molar refractivity (Wildman–Crippen MR) is 152 cm³/mol. The molecule has 2 aliphatic rings. The zero-order chi connectivity index (χ0) is 31.5. The summed E-state index contributed by atoms with van der Waals surface area (Å²) in [6.07, 6.45) is -10.6. The number of rotatable bonds is 11. The maximum absolute atomic E-state index is 12.3. The summed E-state index contributed by atoms with van der Waals surface area (Å²) >= 11 is 0. The number of aliphatic hydroxyl groups excluding tert-OH is 4. The van der Waals surface area contributed by atoms with E-state index in [1.807, 2.05) is 13.8 Å². The Morgan fingerprint density at radius 2 is 1.21 bits per heavy atom. The van der Waals surface area contributed by atoms with Crippen molar-refractivity contribution in [3.05, 3.63) is 71.8 Å². The van der Waals surface area contributed by atoms with Crippen molar-refractivity contribution in [3.63, 3.8) is 0 Å². The Kier molecular flexibility index (Phi) is 13.5. The Balaban J connectivity index is 0.00000248. The fraction of sp³-hybridized carbons (Fsp3) is 0.548. The summed E-state index contributed by atoms with van der Waals surface area (Å²) in [6, 6.07) is 16.7. The molecule has 0 aliphatic carbocycles. The second-order valence-corrected chi connectivity index (χ2v) is 10.1. The first-order chi connectivity index (χ1) is 20.6. The summed E-state index contributed by atoms with van der Waals surface area (Å²) in [6.45, 7) is 6.87. The van der Waals surface area contributed by atoms with E-state index in [2.05, 4.69) is 0 Å². The molecule has 2 fully saturated rings. The van der Waals surface area contributed by atoms with Gasteiger partial charge in [0.1, 0.15) is 31.0 Å². The largest absolute Gasteiger partial charge is 0.462 e. The average molecular weight is 607 g/mol. The van der Waals surface area contributed by atoms with Crippen molar-refractivity contribution in [1.29, 1.82) is 0 Å². The van der Waals surface area contributed by atoms with Crippen LogP contribution in [0.15, 0.2) is 60.7 Å². The summed E-state index contributed by atoms with van der Waals surface area (Å²) in [7, 11) is 0. The second kappa shape index (κ2) is 16.8. The maximum Gasteiger partial charge on any atom is 0.338 e. The van der Waals surface area contributed by atoms with Gasteiger partial charge in [-0.2, -0.15) is 0 Å². The van der Waals surface area contributed by atoms with Gasteiger partial charge in [-0.05, 0) is 38.1 Å². The van der Waals surface area contributed by atoms with Crippen LogP contribution in [-0.2, 0) is 28.4 Å². The van der Waals surface area contributed by atoms with Crippen LogP contribution >= 0.6 is 0 Å². The van der Waals surface area contributed by atoms with Gasteiger partial charge in [0.05, 0.1) is 29.9 Å². The van der Waals surface area contributed by atoms with Crippen molar-refractivity contribution in [2.75, 3.05) is 13.2 Å². The minimum Gasteiger partial charge on any atom is -0.462 e. The Morgan fingerprint density at radius 3 is 1.74 bits per heavy atom. The van der Waals surface area contributed by atoms with Crippen molar-refractivity contribution >= 4 is 11.9 Å². The lowest BCUT2D eigenvalue weighted by Gasteiger charge is -2.41. The third-order valence-electron chi connectivity index (χ3n) is 7.03. The molecule has 2 heterocycles. The van der Waals surface area contributed by atoms with E-state index in [-0.39, 0.29) is 13.0 Å². The van der Waals surface area contributed by atoms with Crippen molar-refractivity contribution in [3.8, 4) is 0 Å². The minimum atomic E-state index is -1.63. The fourth-order valence-corrected chi connectivity index (χ4v) is 4.45. The summed E-state index contributed by atoms with van der Waals surface area (Å²) in [4.78, 5) is 24.6. The molecule has 2 aromatic rings. The molecular formula is C31H42O12. The fourth-order valence-electron chi connectivity index (χ4n) is 4.45. The molecule has 12 heteroatoms. The number of aliphatic hydroxyl groups is 4. The Labute approximate surface area is 251 Å². The molecule has 4 rings (SSSR count). The number of hydrogen-bond donors (Lipinski definition) is 4. The number of carbonyl (C=O) groups excluding carboxylic acids is 2. The summed E-state index contributed by atoms with van der Waals surface area (Å²) in [5, 5.41) is 41.3. The number of hydrogen-bond acceptors (Lipinski definition) is 12. The van der Waals surface area contributed by atoms with Gasteiger partial charge in [0.2, 0.25) is 0 Å². The topological polar surface area (TPSA) is 170 Å². The van der Waals surface area contributed by atoms with E-state index in [0.29, 0.717) is 11.1 Å². The molecule has 2 aliphatic heterocycles. The molecule has 0 radical (unpaired) electrons. The van der Waals surface area contributed by atoms with E-state index < -0.39 is 80.0 Å². The Morgan fingerprint density at radius 1 is 0.721 bits per heavy atom. The molecule has 0 bridgehead atoms. The summed E-state index contributed by atoms with van der Waals surface area (Å²) in [5.41, 5.74) is 0.699. The molecule has 238 valence electrons. The molecule has 43 heavy (non-hydrogen) atoms. The van der Waals surface area contributed by atoms with Crippen LogP contribution in [0.25, 0.3) is 0 Å². The van der Waals surface area contributed by atoms with Crippen LogP contribution in [0.3, 0.4) is 0 Å². The molecule has 2 saturated heterocycles. The second-order valence-electron chi connectivity index (χ2n) is 10.1. The molecular weight excluding hydrogens is 564 g/mol. The van der Waals surface area contributed by atoms with Crippen molar-refractivity contribution in [2.45, 2.75) is 89.6 Å². The number of esters is 2. The zero-order valence-corrected chi connectivity index (χ0v) is 24.7. The lowest BCUT2D eigenvalue weighted by molar-refractivity contribution is -0.321. The molecule has 0 spiro atoms. The van der Waals surface area contributed by atoms with Crippen molar-refractivity contribution in [1.82, 2.24) is 0 Å². The van der Waals surface area contributed by atoms with Crippen LogP contribution in [-0.4, -0.2) is 101 Å². The molecule has 4 N–H and O–H groups in total. The van der Waals surface area contributed by atoms with Crippen LogP contribution in [0.4, 0.5) is 0 Å². The SMILES string of the molecule is CC.C[C@H](O[C@@H]1O[C@@H](O)C[C@H]1COC(=O)c1ccccc1)[C@@H](C)O[C@@H]1O[C@H](COC(=O)c2ccccc2)[C@@H](O)[C@H](O)[C@H]1O. The molecule has 0 aromatic heterocycles. The smallest absolute Gasteiger partial charge is 0.338 e. The average Bonchev–Trinajstić information content (AvgIpc) is 3.39. The van der Waals surface area contributed by atoms with Gasteiger partial charge in [-0.1, -0.05) is 50.2 Å². The zero-order valence-electron chi connectivity index (χ0n) is 24.7. The van der Waals surface area contributed by atoms with Gasteiger partial charge in [0, 0.05) is 12.3 Å². The molecule has 0 unspecified atom stereocenters. The highest BCUT2D eigenvalue weighted by Gasteiger charge is 2.46. The summed E-state index contributed by atoms with van der Waals surface area (Å²) in [5.74, 6) is -1.61. The highest BCUT2D eigenvalue weighted by atomic mass is 16.8. The van der Waals surface area contributed by atoms with E-state index in [0.717, 1.165) is 0 Å². The predicted octanol–water partition coefficient (Wildman–Crippen LogP) is 2.03. The minimum absolute atomic E-state index is 0.0463. The lowest BCUT2D eigenvalue weighted by atomic mass is 9.99. The third-order valence-corrected chi connectivity index (χ3v) is 7.03. The lowest BCUT2D eigenvalue weighted by Crippen LogP contribution is -2.60. The van der Waals surface area contributed by atoms with Gasteiger partial charge < -0.3 is 48.8 Å². The molecule has 0 saturated carbocycles. The Hall–Kier alpha value is -2.94. The van der Waals surface area contributed by atoms with Crippen LogP contribution in [0.5, 0.6) is 0 Å². The van der Waals surface area contributed by atoms with Gasteiger partial charge in [-0.3, -0.25) is 0 Å². The van der Waals surface area contributed by atoms with Crippen LogP contribution in [0.2, 0.25) is 0 Å². The van der Waals surface area contributed by atoms with Crippen LogP contribution in [0.1, 0.15) is 54.8 Å². The van der Waals surface area contributed by atoms with E-state index >= 15 is 0 Å². The first-order valence-electron chi connectivity index (χ1n) is 14.4. The molecule has 10 atom stereocenters. The monoisotopic (exact) mass is 606 g/mol. The van der Waals surface area contributed by atoms with Gasteiger partial charge in [0.25, 0.3) is 0 Å². The number of ether oxygens (including phenoxy) is 6. The van der Waals surface area contributed by atoms with E-state index in [9.17, 15) is 30.0 Å². The summed E-state index contributed by atoms with van der Waals surface area (Å²) < 4.78 is 33.5. The highest BCUT2D eigenvalue weighted by Crippen LogP contribution is 2.30. The van der Waals surface area contributed by atoms with E-state index in [1.54, 1.807) is 74.5 Å². The third kappa shape index (κ3) is 9.52. The highest BCUT2D eigenvalue weighted by molar-refractivity contribution is 5.89. The first kappa shape index (κ1) is 34.5. The van der Waals surface area contributed by atoms with Crippen molar-refractivity contribution < 1.29 is 58.4 Å². The number of benzene rings is 2. The maximum atomic E-state index is 12.3. The standard InChI is InChI=1S/C29H36O12.C2H6/c1-16(38-28-20(13-22(30)41-28)14-36-26(34)18-9-5-3-6-10-18)17(2)39-29-25(33)24(32)23(31)21(40-29)15-37-27(35)19-11-7-4-8-12-19;1-2/h3-12,16-17,20-25,28-33H,13-15H2,1-2H3;1-2H3/t16-,17+,20-,21+,22+,23+,24-,25+,28+,29+;/m0./s1. The number of carbonyl (C=O) groups is 2. The molecule has 2 aromatic carbocycles. The van der Waals surface area contributed by atoms with Crippen LogP contribution < -0.4 is 0 Å². The van der Waals surface area contributed by atoms with Gasteiger partial charge in [0.15, 0.2) is 18.9 Å². The van der Waals surface area contributed by atoms with Crippen LogP contribution in [0, 0.1) is 5.92 Å². The van der Waals surface area contributed by atoms with Crippen molar-refractivity contribution in [2.24, 2.45) is 5.92 Å². The van der Waals surface area contributed by atoms with Gasteiger partial charge in [-0.25, -0.2) is 9.59 Å². The van der Waals surface area contributed by atoms with Gasteiger partial charge in [-0.15, -0.1) is 0 Å². The first-order valence-corrected chi connectivity index (χ1v) is 14.4. The Bertz CT molecular complexity index is 1120. The molecule has 0 amide bonds. The normalized spacial score (nSPS) is 30.0. The van der Waals surface area contributed by atoms with Gasteiger partial charge >= 0.3 is 11.9 Å². The quantitative estimate of drug-likeness (QED) is 0.275.